The predicted octanol–water partition coefficient (Wildman–Crippen LogP) is 3.28. The second kappa shape index (κ2) is 7.58. The molecule has 1 aromatic heterocycles. The Morgan fingerprint density at radius 1 is 1.15 bits per heavy atom. The number of halogens is 3. The van der Waals surface area contributed by atoms with Crippen molar-refractivity contribution in [3.63, 3.8) is 0 Å². The molecule has 1 N–H and O–H groups in total. The zero-order valence-corrected chi connectivity index (χ0v) is 15.3. The molecule has 0 saturated carbocycles. The van der Waals surface area contributed by atoms with E-state index < -0.39 is 11.9 Å². The zero-order chi connectivity index (χ0) is 19.6. The molecule has 0 aliphatic carbocycles. The molecule has 1 fully saturated rings. The quantitative estimate of drug-likeness (QED) is 0.886. The topological polar surface area (TPSA) is 61.4 Å². The molecule has 0 unspecified atom stereocenters. The van der Waals surface area contributed by atoms with Gasteiger partial charge in [-0.1, -0.05) is 19.1 Å². The van der Waals surface area contributed by atoms with E-state index in [1.165, 1.54) is 6.07 Å². The fourth-order valence-corrected chi connectivity index (χ4v) is 2.93. The number of nitrogens with one attached hydrogen (secondary N) is 1. The van der Waals surface area contributed by atoms with Crippen LogP contribution in [-0.2, 0) is 6.18 Å². The molecule has 146 valence electrons. The summed E-state index contributed by atoms with van der Waals surface area (Å²) in [4.78, 5) is 23.4. The van der Waals surface area contributed by atoms with Gasteiger partial charge in [-0.05, 0) is 25.5 Å². The van der Waals surface area contributed by atoms with Crippen molar-refractivity contribution in [2.24, 2.45) is 0 Å². The first-order valence-electron chi connectivity index (χ1n) is 8.94. The first-order chi connectivity index (χ1) is 12.8. The smallest absolute Gasteiger partial charge is 0.351 e. The Bertz CT molecular complexity index is 818. The van der Waals surface area contributed by atoms with Crippen LogP contribution in [0.25, 0.3) is 11.0 Å². The van der Waals surface area contributed by atoms with Crippen molar-refractivity contribution in [1.82, 2.24) is 20.2 Å². The summed E-state index contributed by atoms with van der Waals surface area (Å²) in [6.07, 6.45) is -3.79. The summed E-state index contributed by atoms with van der Waals surface area (Å²) in [7, 11) is 0. The molecule has 1 atom stereocenters. The third-order valence-corrected chi connectivity index (χ3v) is 4.67. The summed E-state index contributed by atoms with van der Waals surface area (Å²) in [6, 6.07) is 6.36. The van der Waals surface area contributed by atoms with Gasteiger partial charge in [0.2, 0.25) is 0 Å². The number of anilines is 1. The van der Waals surface area contributed by atoms with Crippen LogP contribution in [0.5, 0.6) is 0 Å². The molecule has 0 radical (unpaired) electrons. The van der Waals surface area contributed by atoms with E-state index in [4.69, 9.17) is 0 Å². The Morgan fingerprint density at radius 2 is 1.74 bits per heavy atom. The molecule has 1 saturated heterocycles. The number of carbonyl (C=O) groups excluding carboxylic acids is 1. The number of carbonyl (C=O) groups is 1. The summed E-state index contributed by atoms with van der Waals surface area (Å²) in [5, 5.41) is 2.87. The molecule has 0 spiro atoms. The summed E-state index contributed by atoms with van der Waals surface area (Å²) >= 11 is 0. The number of fused-ring (bicyclic) bond motifs is 1. The molecular weight excluding hydrogens is 359 g/mol. The van der Waals surface area contributed by atoms with Crippen LogP contribution in [0, 0.1) is 0 Å². The fourth-order valence-electron chi connectivity index (χ4n) is 2.93. The predicted molar refractivity (Wildman–Crippen MR) is 96.6 cm³/mol. The van der Waals surface area contributed by atoms with Crippen molar-refractivity contribution >= 4 is 22.9 Å². The first kappa shape index (κ1) is 19.2. The van der Waals surface area contributed by atoms with Crippen LogP contribution in [0.4, 0.5) is 23.8 Å². The van der Waals surface area contributed by atoms with Gasteiger partial charge in [-0.3, -0.25) is 0 Å². The molecule has 2 heterocycles. The van der Waals surface area contributed by atoms with Crippen molar-refractivity contribution in [2.45, 2.75) is 32.5 Å². The van der Waals surface area contributed by atoms with E-state index >= 15 is 0 Å². The summed E-state index contributed by atoms with van der Waals surface area (Å²) < 4.78 is 40.5. The van der Waals surface area contributed by atoms with E-state index in [1.807, 2.05) is 13.8 Å². The second-order valence-corrected chi connectivity index (χ2v) is 6.62. The molecule has 0 bridgehead atoms. The lowest BCUT2D eigenvalue weighted by Crippen LogP contribution is -2.53. The van der Waals surface area contributed by atoms with Gasteiger partial charge >= 0.3 is 12.2 Å². The number of para-hydroxylation sites is 2. The molecule has 1 aliphatic rings. The molecule has 6 nitrogen and oxygen atoms in total. The van der Waals surface area contributed by atoms with Gasteiger partial charge in [-0.25, -0.2) is 14.8 Å². The van der Waals surface area contributed by atoms with E-state index in [0.29, 0.717) is 18.6 Å². The van der Waals surface area contributed by atoms with Crippen molar-refractivity contribution in [3.8, 4) is 0 Å². The molecule has 27 heavy (non-hydrogen) atoms. The van der Waals surface area contributed by atoms with Gasteiger partial charge in [0.1, 0.15) is 0 Å². The minimum atomic E-state index is -4.60. The van der Waals surface area contributed by atoms with Gasteiger partial charge in [0.25, 0.3) is 0 Å². The average molecular weight is 381 g/mol. The minimum absolute atomic E-state index is 0.0544. The van der Waals surface area contributed by atoms with Gasteiger partial charge in [-0.2, -0.15) is 13.2 Å². The first-order valence-corrected chi connectivity index (χ1v) is 8.94. The molecule has 2 aromatic rings. The SMILES string of the molecule is CC[C@@H](C)NC(=O)N1CCN(c2nc3ccccc3nc2C(F)(F)F)CC1. The Balaban J connectivity index is 1.81. The highest BCUT2D eigenvalue weighted by atomic mass is 19.4. The number of hydrogen-bond acceptors (Lipinski definition) is 4. The van der Waals surface area contributed by atoms with Crippen LogP contribution >= 0.6 is 0 Å². The zero-order valence-electron chi connectivity index (χ0n) is 15.3. The number of rotatable bonds is 3. The lowest BCUT2D eigenvalue weighted by Gasteiger charge is -2.36. The summed E-state index contributed by atoms with van der Waals surface area (Å²) in [6.45, 7) is 5.07. The molecule has 2 amide bonds. The van der Waals surface area contributed by atoms with Gasteiger partial charge < -0.3 is 15.1 Å². The largest absolute Gasteiger partial charge is 0.437 e. The number of hydrogen-bond donors (Lipinski definition) is 1. The maximum atomic E-state index is 13.5. The number of piperazine rings is 1. The van der Waals surface area contributed by atoms with Gasteiger partial charge in [-0.15, -0.1) is 0 Å². The number of urea groups is 1. The van der Waals surface area contributed by atoms with E-state index in [0.717, 1.165) is 6.42 Å². The van der Waals surface area contributed by atoms with E-state index in [1.54, 1.807) is 28.0 Å². The summed E-state index contributed by atoms with van der Waals surface area (Å²) in [5.41, 5.74) is -0.365. The number of benzene rings is 1. The van der Waals surface area contributed by atoms with E-state index in [-0.39, 0.29) is 36.5 Å². The summed E-state index contributed by atoms with van der Waals surface area (Å²) in [5.74, 6) is -0.178. The van der Waals surface area contributed by atoms with Crippen LogP contribution in [0.3, 0.4) is 0 Å². The number of nitrogens with zero attached hydrogens (tertiary/aromatic N) is 4. The van der Waals surface area contributed by atoms with Crippen LogP contribution in [-0.4, -0.2) is 53.1 Å². The fraction of sp³-hybridized carbons (Fsp3) is 0.500. The average Bonchev–Trinajstić information content (AvgIpc) is 2.66. The normalized spacial score (nSPS) is 16.5. The van der Waals surface area contributed by atoms with Crippen molar-refractivity contribution < 1.29 is 18.0 Å². The Hall–Kier alpha value is -2.58. The molecule has 9 heteroatoms. The van der Waals surface area contributed by atoms with Gasteiger partial charge in [0.05, 0.1) is 11.0 Å². The van der Waals surface area contributed by atoms with Crippen molar-refractivity contribution in [3.05, 3.63) is 30.0 Å². The molecular formula is C18H22F3N5O. The number of aromatic nitrogens is 2. The maximum absolute atomic E-state index is 13.5. The van der Waals surface area contributed by atoms with Crippen molar-refractivity contribution in [1.29, 1.82) is 0 Å². The van der Waals surface area contributed by atoms with Gasteiger partial charge in [0, 0.05) is 32.2 Å². The van der Waals surface area contributed by atoms with E-state index in [9.17, 15) is 18.0 Å². The number of alkyl halides is 3. The monoisotopic (exact) mass is 381 g/mol. The Labute approximate surface area is 155 Å². The Kier molecular flexibility index (Phi) is 5.38. The van der Waals surface area contributed by atoms with Gasteiger partial charge in [0.15, 0.2) is 11.5 Å². The lowest BCUT2D eigenvalue weighted by atomic mass is 10.2. The van der Waals surface area contributed by atoms with Crippen LogP contribution in [0.1, 0.15) is 26.0 Å². The van der Waals surface area contributed by atoms with Crippen LogP contribution in [0.2, 0.25) is 0 Å². The highest BCUT2D eigenvalue weighted by molar-refractivity contribution is 5.77. The second-order valence-electron chi connectivity index (χ2n) is 6.62. The highest BCUT2D eigenvalue weighted by Crippen LogP contribution is 2.35. The Morgan fingerprint density at radius 3 is 2.30 bits per heavy atom. The molecule has 1 aromatic carbocycles. The van der Waals surface area contributed by atoms with E-state index in [2.05, 4.69) is 15.3 Å². The molecule has 3 rings (SSSR count). The van der Waals surface area contributed by atoms with Crippen molar-refractivity contribution in [2.75, 3.05) is 31.1 Å². The lowest BCUT2D eigenvalue weighted by molar-refractivity contribution is -0.140. The standard InChI is InChI=1S/C18H22F3N5O/c1-3-12(2)22-17(27)26-10-8-25(9-11-26)16-15(18(19,20)21)23-13-6-4-5-7-14(13)24-16/h4-7,12H,3,8-11H2,1-2H3,(H,22,27)/t12-/m1/s1. The minimum Gasteiger partial charge on any atom is -0.351 e. The van der Waals surface area contributed by atoms with Crippen LogP contribution < -0.4 is 10.2 Å². The van der Waals surface area contributed by atoms with Crippen LogP contribution in [0.15, 0.2) is 24.3 Å². The number of amides is 2. The highest BCUT2D eigenvalue weighted by Gasteiger charge is 2.39. The molecule has 1 aliphatic heterocycles. The maximum Gasteiger partial charge on any atom is 0.437 e. The third-order valence-electron chi connectivity index (χ3n) is 4.67. The third kappa shape index (κ3) is 4.23.